The third-order valence-corrected chi connectivity index (χ3v) is 3.31. The molecule has 0 bridgehead atoms. The van der Waals surface area contributed by atoms with Crippen molar-refractivity contribution in [3.63, 3.8) is 0 Å². The maximum Gasteiger partial charge on any atom is 0.177 e. The first-order chi connectivity index (χ1) is 8.58. The first-order valence-corrected chi connectivity index (χ1v) is 6.77. The summed E-state index contributed by atoms with van der Waals surface area (Å²) in [5.41, 5.74) is 0.846. The van der Waals surface area contributed by atoms with E-state index in [1.165, 1.54) is 0 Å². The summed E-state index contributed by atoms with van der Waals surface area (Å²) in [6, 6.07) is 3.47. The lowest BCUT2D eigenvalue weighted by Crippen LogP contribution is -2.13. The molecule has 0 amide bonds. The Morgan fingerprint density at radius 2 is 1.56 bits per heavy atom. The van der Waals surface area contributed by atoms with Crippen molar-refractivity contribution in [2.45, 2.75) is 20.1 Å². The van der Waals surface area contributed by atoms with Gasteiger partial charge in [0.1, 0.15) is 0 Å². The largest absolute Gasteiger partial charge is 0.349 e. The second kappa shape index (κ2) is 8.03. The fourth-order valence-corrected chi connectivity index (χ4v) is 1.96. The highest BCUT2D eigenvalue weighted by molar-refractivity contribution is 6.48. The van der Waals surface area contributed by atoms with E-state index in [0.29, 0.717) is 28.3 Å². The number of halogens is 3. The molecule has 100 valence electrons. The highest BCUT2D eigenvalue weighted by Gasteiger charge is 2.06. The van der Waals surface area contributed by atoms with Crippen LogP contribution in [0.25, 0.3) is 6.08 Å². The van der Waals surface area contributed by atoms with Crippen molar-refractivity contribution in [1.82, 2.24) is 0 Å². The Balaban J connectivity index is 2.82. The molecule has 0 heterocycles. The second-order valence-corrected chi connectivity index (χ2v) is 4.63. The molecule has 0 N–H and O–H groups in total. The normalized spacial score (nSPS) is 11.7. The highest BCUT2D eigenvalue weighted by atomic mass is 35.5. The SMILES string of the molecule is CCOC(C=Cc1cc(Cl)c(Cl)c(Cl)c1)OCC. The number of hydrogen-bond donors (Lipinski definition) is 0. The molecule has 18 heavy (non-hydrogen) atoms. The van der Waals surface area contributed by atoms with Crippen molar-refractivity contribution >= 4 is 40.9 Å². The van der Waals surface area contributed by atoms with Crippen LogP contribution in [0.15, 0.2) is 18.2 Å². The van der Waals surface area contributed by atoms with E-state index >= 15 is 0 Å². The van der Waals surface area contributed by atoms with Crippen molar-refractivity contribution in [1.29, 1.82) is 0 Å². The van der Waals surface area contributed by atoms with Gasteiger partial charge >= 0.3 is 0 Å². The van der Waals surface area contributed by atoms with Crippen molar-refractivity contribution in [3.8, 4) is 0 Å². The molecule has 0 atom stereocenters. The van der Waals surface area contributed by atoms with Gasteiger partial charge in [0.05, 0.1) is 15.1 Å². The first kappa shape index (κ1) is 15.8. The van der Waals surface area contributed by atoms with Gasteiger partial charge in [-0.15, -0.1) is 0 Å². The van der Waals surface area contributed by atoms with Crippen molar-refractivity contribution in [3.05, 3.63) is 38.8 Å². The van der Waals surface area contributed by atoms with Crippen molar-refractivity contribution in [2.75, 3.05) is 13.2 Å². The van der Waals surface area contributed by atoms with Crippen LogP contribution < -0.4 is 0 Å². The molecule has 0 aliphatic carbocycles. The van der Waals surface area contributed by atoms with Crippen LogP contribution in [0.3, 0.4) is 0 Å². The molecule has 0 fully saturated rings. The van der Waals surface area contributed by atoms with Gasteiger partial charge in [0.2, 0.25) is 0 Å². The van der Waals surface area contributed by atoms with Crippen LogP contribution in [0.1, 0.15) is 19.4 Å². The van der Waals surface area contributed by atoms with Gasteiger partial charge in [0.15, 0.2) is 6.29 Å². The number of benzene rings is 1. The smallest absolute Gasteiger partial charge is 0.177 e. The van der Waals surface area contributed by atoms with E-state index in [4.69, 9.17) is 44.3 Å². The van der Waals surface area contributed by atoms with E-state index in [9.17, 15) is 0 Å². The van der Waals surface area contributed by atoms with Gasteiger partial charge in [-0.25, -0.2) is 0 Å². The van der Waals surface area contributed by atoms with Crippen molar-refractivity contribution < 1.29 is 9.47 Å². The van der Waals surface area contributed by atoms with E-state index in [2.05, 4.69) is 0 Å². The molecule has 1 aromatic carbocycles. The van der Waals surface area contributed by atoms with Crippen LogP contribution in [-0.4, -0.2) is 19.5 Å². The third kappa shape index (κ3) is 4.79. The molecule has 1 rings (SSSR count). The fourth-order valence-electron chi connectivity index (χ4n) is 1.35. The van der Waals surface area contributed by atoms with E-state index in [0.717, 1.165) is 5.56 Å². The van der Waals surface area contributed by atoms with Crippen LogP contribution in [0.2, 0.25) is 15.1 Å². The number of ether oxygens (including phenoxy) is 2. The molecule has 0 unspecified atom stereocenters. The van der Waals surface area contributed by atoms with E-state index in [1.807, 2.05) is 26.0 Å². The Hall–Kier alpha value is -0.250. The second-order valence-electron chi connectivity index (χ2n) is 3.44. The highest BCUT2D eigenvalue weighted by Crippen LogP contribution is 2.31. The Bertz CT molecular complexity index is 390. The molecule has 0 aliphatic rings. The van der Waals surface area contributed by atoms with E-state index in [-0.39, 0.29) is 6.29 Å². The average molecular weight is 310 g/mol. The Labute approximate surface area is 122 Å². The predicted octanol–water partition coefficient (Wildman–Crippen LogP) is 5.06. The Morgan fingerprint density at radius 1 is 1.06 bits per heavy atom. The molecule has 2 nitrogen and oxygen atoms in total. The van der Waals surface area contributed by atoms with Gasteiger partial charge < -0.3 is 9.47 Å². The molecule has 0 saturated heterocycles. The lowest BCUT2D eigenvalue weighted by molar-refractivity contribution is -0.103. The lowest BCUT2D eigenvalue weighted by Gasteiger charge is -2.12. The molecular formula is C13H15Cl3O2. The molecule has 0 saturated carbocycles. The minimum Gasteiger partial charge on any atom is -0.349 e. The fraction of sp³-hybridized carbons (Fsp3) is 0.385. The zero-order valence-electron chi connectivity index (χ0n) is 10.3. The van der Waals surface area contributed by atoms with Crippen LogP contribution >= 0.6 is 34.8 Å². The van der Waals surface area contributed by atoms with Gasteiger partial charge in [0, 0.05) is 13.2 Å². The van der Waals surface area contributed by atoms with Gasteiger partial charge in [0.25, 0.3) is 0 Å². The maximum atomic E-state index is 5.94. The summed E-state index contributed by atoms with van der Waals surface area (Å²) in [5, 5.41) is 1.21. The predicted molar refractivity (Wildman–Crippen MR) is 77.5 cm³/mol. The minimum absolute atomic E-state index is 0.363. The zero-order chi connectivity index (χ0) is 13.5. The number of hydrogen-bond acceptors (Lipinski definition) is 2. The summed E-state index contributed by atoms with van der Waals surface area (Å²) in [4.78, 5) is 0. The Morgan fingerprint density at radius 3 is 2.00 bits per heavy atom. The lowest BCUT2D eigenvalue weighted by atomic mass is 10.2. The minimum atomic E-state index is -0.367. The van der Waals surface area contributed by atoms with E-state index < -0.39 is 0 Å². The molecule has 5 heteroatoms. The summed E-state index contributed by atoms with van der Waals surface area (Å²) in [6.07, 6.45) is 3.28. The summed E-state index contributed by atoms with van der Waals surface area (Å²) in [5.74, 6) is 0. The van der Waals surface area contributed by atoms with Crippen LogP contribution in [0, 0.1) is 0 Å². The van der Waals surface area contributed by atoms with Gasteiger partial charge in [-0.1, -0.05) is 40.9 Å². The van der Waals surface area contributed by atoms with Gasteiger partial charge in [-0.05, 0) is 37.6 Å². The third-order valence-electron chi connectivity index (χ3n) is 2.11. The van der Waals surface area contributed by atoms with E-state index in [1.54, 1.807) is 12.1 Å². The topological polar surface area (TPSA) is 18.5 Å². The molecule has 0 aliphatic heterocycles. The standard InChI is InChI=1S/C13H15Cl3O2/c1-3-17-12(18-4-2)6-5-9-7-10(14)13(16)11(15)8-9/h5-8,12H,3-4H2,1-2H3. The average Bonchev–Trinajstić information content (AvgIpc) is 2.33. The van der Waals surface area contributed by atoms with Crippen LogP contribution in [-0.2, 0) is 9.47 Å². The molecule has 0 aromatic heterocycles. The zero-order valence-corrected chi connectivity index (χ0v) is 12.5. The van der Waals surface area contributed by atoms with Crippen LogP contribution in [0.5, 0.6) is 0 Å². The molecule has 1 aromatic rings. The Kier molecular flexibility index (Phi) is 7.05. The molecule has 0 radical (unpaired) electrons. The maximum absolute atomic E-state index is 5.94. The van der Waals surface area contributed by atoms with Crippen molar-refractivity contribution in [2.24, 2.45) is 0 Å². The summed E-state index contributed by atoms with van der Waals surface area (Å²) in [6.45, 7) is 4.99. The van der Waals surface area contributed by atoms with Gasteiger partial charge in [-0.3, -0.25) is 0 Å². The van der Waals surface area contributed by atoms with Gasteiger partial charge in [-0.2, -0.15) is 0 Å². The quantitative estimate of drug-likeness (QED) is 0.540. The monoisotopic (exact) mass is 308 g/mol. The molecular weight excluding hydrogens is 294 g/mol. The summed E-state index contributed by atoms with van der Waals surface area (Å²) < 4.78 is 10.8. The molecule has 0 spiro atoms. The summed E-state index contributed by atoms with van der Waals surface area (Å²) in [7, 11) is 0. The number of rotatable bonds is 6. The van der Waals surface area contributed by atoms with Crippen LogP contribution in [0.4, 0.5) is 0 Å². The first-order valence-electron chi connectivity index (χ1n) is 5.64. The summed E-state index contributed by atoms with van der Waals surface area (Å²) >= 11 is 17.8.